The molecule has 1 heterocycles. The van der Waals surface area contributed by atoms with Gasteiger partial charge in [-0.25, -0.2) is 0 Å². The molecule has 2 aromatic rings. The minimum atomic E-state index is -0.309. The molecule has 0 aliphatic rings. The van der Waals surface area contributed by atoms with Crippen molar-refractivity contribution in [3.8, 4) is 5.75 Å². The molecule has 1 atom stereocenters. The summed E-state index contributed by atoms with van der Waals surface area (Å²) in [4.78, 5) is 12.3. The van der Waals surface area contributed by atoms with Crippen molar-refractivity contribution in [2.45, 2.75) is 39.7 Å². The van der Waals surface area contributed by atoms with Crippen molar-refractivity contribution in [1.82, 2.24) is 5.32 Å². The number of nitrogens with one attached hydrogen (secondary N) is 1. The molecule has 0 aliphatic heterocycles. The fraction of sp³-hybridized carbons (Fsp3) is 0.353. The highest BCUT2D eigenvalue weighted by Crippen LogP contribution is 2.24. The van der Waals surface area contributed by atoms with Crippen LogP contribution in [0.5, 0.6) is 5.75 Å². The average Bonchev–Trinajstić information content (AvgIpc) is 2.85. The van der Waals surface area contributed by atoms with Gasteiger partial charge >= 0.3 is 0 Å². The van der Waals surface area contributed by atoms with Gasteiger partial charge in [0.2, 0.25) is 0 Å². The first-order valence-corrected chi connectivity index (χ1v) is 7.08. The minimum Gasteiger partial charge on any atom is -0.507 e. The number of amides is 1. The van der Waals surface area contributed by atoms with Crippen LogP contribution in [0, 0.1) is 6.92 Å². The summed E-state index contributed by atoms with van der Waals surface area (Å²) < 4.78 is 5.50. The maximum Gasteiger partial charge on any atom is 0.255 e. The summed E-state index contributed by atoms with van der Waals surface area (Å²) in [7, 11) is 0. The van der Waals surface area contributed by atoms with E-state index >= 15 is 0 Å². The maximum atomic E-state index is 12.3. The van der Waals surface area contributed by atoms with Crippen molar-refractivity contribution < 1.29 is 14.3 Å². The van der Waals surface area contributed by atoms with Crippen molar-refractivity contribution in [3.63, 3.8) is 0 Å². The van der Waals surface area contributed by atoms with Gasteiger partial charge in [-0.1, -0.05) is 19.9 Å². The number of hydrogen-bond donors (Lipinski definition) is 2. The number of furan rings is 1. The molecule has 0 radical (unpaired) electrons. The number of benzene rings is 1. The molecule has 0 aliphatic carbocycles. The molecule has 1 amide bonds. The van der Waals surface area contributed by atoms with Crippen LogP contribution in [0.3, 0.4) is 0 Å². The van der Waals surface area contributed by atoms with Crippen molar-refractivity contribution in [3.05, 3.63) is 53.0 Å². The van der Waals surface area contributed by atoms with E-state index in [-0.39, 0.29) is 23.3 Å². The lowest BCUT2D eigenvalue weighted by molar-refractivity contribution is 0.0932. The predicted molar refractivity (Wildman–Crippen MR) is 81.5 cm³/mol. The van der Waals surface area contributed by atoms with E-state index in [1.807, 2.05) is 45.9 Å². The molecular formula is C17H21NO3. The third kappa shape index (κ3) is 3.45. The van der Waals surface area contributed by atoms with Crippen LogP contribution < -0.4 is 5.32 Å². The lowest BCUT2D eigenvalue weighted by atomic mass is 10.00. The Kier molecular flexibility index (Phi) is 4.36. The van der Waals surface area contributed by atoms with Crippen LogP contribution in [0.15, 0.2) is 34.7 Å². The van der Waals surface area contributed by atoms with Gasteiger partial charge in [0.1, 0.15) is 17.3 Å². The lowest BCUT2D eigenvalue weighted by Gasteiger charge is -2.14. The quantitative estimate of drug-likeness (QED) is 0.896. The molecule has 4 nitrogen and oxygen atoms in total. The van der Waals surface area contributed by atoms with Gasteiger partial charge in [0.25, 0.3) is 5.91 Å². The van der Waals surface area contributed by atoms with Crippen molar-refractivity contribution in [1.29, 1.82) is 0 Å². The van der Waals surface area contributed by atoms with Crippen LogP contribution in [0.1, 0.15) is 60.2 Å². The number of rotatable bonds is 4. The Hall–Kier alpha value is -2.23. The molecule has 0 bridgehead atoms. The van der Waals surface area contributed by atoms with Crippen molar-refractivity contribution >= 4 is 5.91 Å². The molecule has 0 spiro atoms. The number of hydrogen-bond acceptors (Lipinski definition) is 3. The number of phenols is 1. The molecule has 2 N–H and O–H groups in total. The summed E-state index contributed by atoms with van der Waals surface area (Å²) >= 11 is 0. The second-order valence-electron chi connectivity index (χ2n) is 5.57. The number of carbonyl (C=O) groups excluding carboxylic acids is 1. The van der Waals surface area contributed by atoms with E-state index in [0.29, 0.717) is 11.7 Å². The van der Waals surface area contributed by atoms with Gasteiger partial charge in [0.15, 0.2) is 0 Å². The van der Waals surface area contributed by atoms with Gasteiger partial charge in [-0.2, -0.15) is 0 Å². The number of aromatic hydroxyl groups is 1. The smallest absolute Gasteiger partial charge is 0.255 e. The van der Waals surface area contributed by atoms with E-state index in [1.165, 1.54) is 0 Å². The molecule has 1 unspecified atom stereocenters. The molecule has 112 valence electrons. The van der Waals surface area contributed by atoms with Crippen LogP contribution in [-0.4, -0.2) is 11.0 Å². The third-order valence-electron chi connectivity index (χ3n) is 3.47. The fourth-order valence-corrected chi connectivity index (χ4v) is 2.13. The Bertz CT molecular complexity index is 643. The van der Waals surface area contributed by atoms with Gasteiger partial charge in [-0.15, -0.1) is 0 Å². The standard InChI is InChI=1S/C17H21NO3/c1-10(2)13-6-7-15(19)14(9-13)17(20)18-12(4)16-8-5-11(3)21-16/h5-10,12,19H,1-4H3,(H,18,20). The highest BCUT2D eigenvalue weighted by molar-refractivity contribution is 5.97. The molecule has 1 aromatic heterocycles. The first-order valence-electron chi connectivity index (χ1n) is 7.08. The van der Waals surface area contributed by atoms with E-state index < -0.39 is 0 Å². The van der Waals surface area contributed by atoms with Crippen molar-refractivity contribution in [2.75, 3.05) is 0 Å². The Morgan fingerprint density at radius 3 is 2.48 bits per heavy atom. The van der Waals surface area contributed by atoms with Crippen LogP contribution in [-0.2, 0) is 0 Å². The Labute approximate surface area is 124 Å². The van der Waals surface area contributed by atoms with Gasteiger partial charge < -0.3 is 14.8 Å². The summed E-state index contributed by atoms with van der Waals surface area (Å²) in [5, 5.41) is 12.7. The normalized spacial score (nSPS) is 12.4. The molecule has 0 fully saturated rings. The zero-order chi connectivity index (χ0) is 15.6. The van der Waals surface area contributed by atoms with Gasteiger partial charge in [0.05, 0.1) is 11.6 Å². The van der Waals surface area contributed by atoms with E-state index in [4.69, 9.17) is 4.42 Å². The Balaban J connectivity index is 2.18. The first kappa shape index (κ1) is 15.2. The second kappa shape index (κ2) is 6.04. The van der Waals surface area contributed by atoms with Crippen LogP contribution in [0.4, 0.5) is 0 Å². The topological polar surface area (TPSA) is 62.5 Å². The molecule has 1 aromatic carbocycles. The SMILES string of the molecule is Cc1ccc(C(C)NC(=O)c2cc(C(C)C)ccc2O)o1. The zero-order valence-corrected chi connectivity index (χ0v) is 12.8. The minimum absolute atomic E-state index is 0.0141. The second-order valence-corrected chi connectivity index (χ2v) is 5.57. The zero-order valence-electron chi connectivity index (χ0n) is 12.8. The molecular weight excluding hydrogens is 266 g/mol. The highest BCUT2D eigenvalue weighted by Gasteiger charge is 2.17. The van der Waals surface area contributed by atoms with Crippen molar-refractivity contribution in [2.24, 2.45) is 0 Å². The van der Waals surface area contributed by atoms with Gasteiger partial charge in [-0.05, 0) is 49.6 Å². The first-order chi connectivity index (χ1) is 9.88. The number of carbonyl (C=O) groups is 1. The molecule has 2 rings (SSSR count). The lowest BCUT2D eigenvalue weighted by Crippen LogP contribution is -2.26. The molecule has 0 saturated heterocycles. The molecule has 4 heteroatoms. The van der Waals surface area contributed by atoms with E-state index in [9.17, 15) is 9.90 Å². The summed E-state index contributed by atoms with van der Waals surface area (Å²) in [6.45, 7) is 7.79. The van der Waals surface area contributed by atoms with Crippen LogP contribution in [0.25, 0.3) is 0 Å². The van der Waals surface area contributed by atoms with Gasteiger partial charge in [0, 0.05) is 0 Å². The average molecular weight is 287 g/mol. The number of phenolic OH excluding ortho intramolecular Hbond substituents is 1. The maximum absolute atomic E-state index is 12.3. The van der Waals surface area contributed by atoms with E-state index in [0.717, 1.165) is 11.3 Å². The molecule has 21 heavy (non-hydrogen) atoms. The Morgan fingerprint density at radius 2 is 1.90 bits per heavy atom. The van der Waals surface area contributed by atoms with E-state index in [1.54, 1.807) is 12.1 Å². The van der Waals surface area contributed by atoms with Gasteiger partial charge in [-0.3, -0.25) is 4.79 Å². The van der Waals surface area contributed by atoms with E-state index in [2.05, 4.69) is 5.32 Å². The molecule has 0 saturated carbocycles. The predicted octanol–water partition coefficient (Wildman–Crippen LogP) is 3.91. The highest BCUT2D eigenvalue weighted by atomic mass is 16.3. The number of aryl methyl sites for hydroxylation is 1. The third-order valence-corrected chi connectivity index (χ3v) is 3.47. The Morgan fingerprint density at radius 1 is 1.19 bits per heavy atom. The monoisotopic (exact) mass is 287 g/mol. The van der Waals surface area contributed by atoms with Crippen LogP contribution >= 0.6 is 0 Å². The van der Waals surface area contributed by atoms with Crippen LogP contribution in [0.2, 0.25) is 0 Å². The fourth-order valence-electron chi connectivity index (χ4n) is 2.13. The summed E-state index contributed by atoms with van der Waals surface area (Å²) in [6, 6.07) is 8.56. The summed E-state index contributed by atoms with van der Waals surface area (Å²) in [6.07, 6.45) is 0. The summed E-state index contributed by atoms with van der Waals surface area (Å²) in [5.41, 5.74) is 1.30. The summed E-state index contributed by atoms with van der Waals surface area (Å²) in [5.74, 6) is 1.47. The largest absolute Gasteiger partial charge is 0.507 e.